The van der Waals surface area contributed by atoms with Crippen molar-refractivity contribution in [1.82, 2.24) is 29.9 Å². The second-order valence-corrected chi connectivity index (χ2v) is 11.2. The Labute approximate surface area is 249 Å². The molecule has 4 rings (SSSR count). The van der Waals surface area contributed by atoms with Crippen LogP contribution in [0.1, 0.15) is 53.4 Å². The van der Waals surface area contributed by atoms with Gasteiger partial charge in [0.15, 0.2) is 0 Å². The number of likely N-dealkylation sites (tertiary alicyclic amines) is 1. The second kappa shape index (κ2) is 14.4. The van der Waals surface area contributed by atoms with Crippen molar-refractivity contribution < 1.29 is 50.9 Å². The number of aryl methyl sites for hydroxylation is 2. The molecule has 0 aliphatic carbocycles. The molecule has 3 heterocycles. The van der Waals surface area contributed by atoms with Crippen molar-refractivity contribution in [1.29, 1.82) is 0 Å². The van der Waals surface area contributed by atoms with Gasteiger partial charge >= 0.3 is 24.3 Å². The maximum Gasteiger partial charge on any atom is 0.490 e. The Morgan fingerprint density at radius 2 is 1.55 bits per heavy atom. The Morgan fingerprint density at radius 1 is 0.977 bits per heavy atom. The van der Waals surface area contributed by atoms with Crippen molar-refractivity contribution in [2.24, 2.45) is 5.92 Å². The lowest BCUT2D eigenvalue weighted by Crippen LogP contribution is -2.55. The number of nitrogens with one attached hydrogen (secondary N) is 1. The summed E-state index contributed by atoms with van der Waals surface area (Å²) >= 11 is 0. The first-order valence-electron chi connectivity index (χ1n) is 13.5. The molecule has 0 bridgehead atoms. The number of hydrogen-bond donors (Lipinski definition) is 3. The standard InChI is InChI=1S/C23H34N6O.2C2HF3O2/c1-16(2)11-24-22(30)21-26-25-20-13-27(5)23(15-29(20)21)8-9-28(14-23)12-19-7-6-17(3)18(4)10-19;2*3-2(4,5)1(6)7/h6-7,10,16H,8-9,11-15H2,1-5H3,(H,24,30);2*(H,6,7). The number of carboxylic acids is 2. The fourth-order valence-corrected chi connectivity index (χ4v) is 4.63. The van der Waals surface area contributed by atoms with Crippen LogP contribution in [0.3, 0.4) is 0 Å². The Morgan fingerprint density at radius 3 is 2.05 bits per heavy atom. The molecule has 246 valence electrons. The maximum atomic E-state index is 12.7. The van der Waals surface area contributed by atoms with E-state index in [0.29, 0.717) is 18.3 Å². The molecule has 11 nitrogen and oxygen atoms in total. The van der Waals surface area contributed by atoms with Crippen LogP contribution in [0.15, 0.2) is 18.2 Å². The average Bonchev–Trinajstić information content (AvgIpc) is 3.49. The summed E-state index contributed by atoms with van der Waals surface area (Å²) in [5.41, 5.74) is 4.07. The highest BCUT2D eigenvalue weighted by atomic mass is 19.4. The summed E-state index contributed by atoms with van der Waals surface area (Å²) < 4.78 is 65.5. The van der Waals surface area contributed by atoms with Crippen LogP contribution < -0.4 is 5.32 Å². The van der Waals surface area contributed by atoms with Gasteiger partial charge in [-0.2, -0.15) is 26.3 Å². The summed E-state index contributed by atoms with van der Waals surface area (Å²) in [6, 6.07) is 6.77. The first kappa shape index (κ1) is 36.5. The molecule has 0 saturated carbocycles. The van der Waals surface area contributed by atoms with Crippen LogP contribution in [0, 0.1) is 19.8 Å². The van der Waals surface area contributed by atoms with E-state index in [2.05, 4.69) is 82.8 Å². The molecular formula is C27H36F6N6O5. The quantitative estimate of drug-likeness (QED) is 0.419. The van der Waals surface area contributed by atoms with E-state index in [0.717, 1.165) is 45.0 Å². The molecule has 1 fully saturated rings. The smallest absolute Gasteiger partial charge is 0.475 e. The predicted octanol–water partition coefficient (Wildman–Crippen LogP) is 3.64. The minimum Gasteiger partial charge on any atom is -0.475 e. The number of carbonyl (C=O) groups excluding carboxylic acids is 1. The second-order valence-electron chi connectivity index (χ2n) is 11.2. The zero-order valence-corrected chi connectivity index (χ0v) is 24.9. The summed E-state index contributed by atoms with van der Waals surface area (Å²) in [4.78, 5) is 35.4. The van der Waals surface area contributed by atoms with Gasteiger partial charge in [-0.25, -0.2) is 9.59 Å². The minimum atomic E-state index is -5.08. The Hall–Kier alpha value is -3.73. The molecule has 2 aliphatic rings. The van der Waals surface area contributed by atoms with Crippen LogP contribution in [-0.4, -0.2) is 97.2 Å². The molecule has 1 aromatic heterocycles. The number of nitrogens with zero attached hydrogens (tertiary/aromatic N) is 5. The third-order valence-electron chi connectivity index (χ3n) is 7.22. The molecule has 3 N–H and O–H groups in total. The van der Waals surface area contributed by atoms with Crippen molar-refractivity contribution in [2.45, 2.75) is 71.6 Å². The largest absolute Gasteiger partial charge is 0.490 e. The van der Waals surface area contributed by atoms with E-state index in [4.69, 9.17) is 19.8 Å². The minimum absolute atomic E-state index is 0.0161. The van der Waals surface area contributed by atoms with Gasteiger partial charge in [-0.1, -0.05) is 32.0 Å². The van der Waals surface area contributed by atoms with Crippen molar-refractivity contribution in [3.8, 4) is 0 Å². The lowest BCUT2D eigenvalue weighted by molar-refractivity contribution is -0.193. The topological polar surface area (TPSA) is 141 Å². The molecule has 1 unspecified atom stereocenters. The van der Waals surface area contributed by atoms with Crippen LogP contribution in [0.4, 0.5) is 26.3 Å². The van der Waals surface area contributed by atoms with E-state index >= 15 is 0 Å². The Balaban J connectivity index is 0.000000402. The zero-order valence-electron chi connectivity index (χ0n) is 24.9. The Kier molecular flexibility index (Phi) is 11.9. The Bertz CT molecular complexity index is 1310. The monoisotopic (exact) mass is 638 g/mol. The number of hydrogen-bond acceptors (Lipinski definition) is 7. The van der Waals surface area contributed by atoms with Crippen LogP contribution >= 0.6 is 0 Å². The summed E-state index contributed by atoms with van der Waals surface area (Å²) in [5, 5.41) is 25.8. The van der Waals surface area contributed by atoms with E-state index in [9.17, 15) is 31.1 Å². The van der Waals surface area contributed by atoms with Crippen molar-refractivity contribution >= 4 is 17.8 Å². The molecule has 1 saturated heterocycles. The molecule has 0 radical (unpaired) electrons. The highest BCUT2D eigenvalue weighted by Gasteiger charge is 2.46. The number of alkyl halides is 6. The van der Waals surface area contributed by atoms with Gasteiger partial charge in [0.1, 0.15) is 5.82 Å². The van der Waals surface area contributed by atoms with Crippen molar-refractivity contribution in [3.05, 3.63) is 46.5 Å². The van der Waals surface area contributed by atoms with E-state index in [1.807, 2.05) is 0 Å². The number of rotatable bonds is 5. The SMILES string of the molecule is Cc1ccc(CN2CCC3(C2)Cn2c(nnc2C(=O)NCC(C)C)CN3C)cc1C.O=C(O)C(F)(F)F.O=C(O)C(F)(F)F. The molecular weight excluding hydrogens is 602 g/mol. The van der Waals surface area contributed by atoms with Crippen LogP contribution in [0.5, 0.6) is 0 Å². The summed E-state index contributed by atoms with van der Waals surface area (Å²) in [6.07, 6.45) is -9.08. The average molecular weight is 639 g/mol. The summed E-state index contributed by atoms with van der Waals surface area (Å²) in [6.45, 7) is 13.7. The van der Waals surface area contributed by atoms with Crippen molar-refractivity contribution in [3.63, 3.8) is 0 Å². The van der Waals surface area contributed by atoms with Gasteiger partial charge in [0.05, 0.1) is 12.1 Å². The molecule has 2 aromatic rings. The number of carboxylic acid groups (broad SMARTS) is 2. The lowest BCUT2D eigenvalue weighted by Gasteiger charge is -2.42. The number of fused-ring (bicyclic) bond motifs is 1. The molecule has 44 heavy (non-hydrogen) atoms. The molecule has 2 aliphatic heterocycles. The highest BCUT2D eigenvalue weighted by molar-refractivity contribution is 5.90. The van der Waals surface area contributed by atoms with Gasteiger partial charge in [-0.3, -0.25) is 14.6 Å². The van der Waals surface area contributed by atoms with Gasteiger partial charge in [0.25, 0.3) is 5.91 Å². The first-order chi connectivity index (χ1) is 20.2. The van der Waals surface area contributed by atoms with Crippen LogP contribution in [-0.2, 0) is 29.2 Å². The van der Waals surface area contributed by atoms with Gasteiger partial charge in [0, 0.05) is 32.7 Å². The molecule has 1 atom stereocenters. The molecule has 1 aromatic carbocycles. The number of benzene rings is 1. The normalized spacial score (nSPS) is 18.6. The van der Waals surface area contributed by atoms with Gasteiger partial charge in [-0.05, 0) is 49.9 Å². The predicted molar refractivity (Wildman–Crippen MR) is 145 cm³/mol. The third-order valence-corrected chi connectivity index (χ3v) is 7.22. The van der Waals surface area contributed by atoms with E-state index in [1.165, 1.54) is 16.7 Å². The fraction of sp³-hybridized carbons (Fsp3) is 0.593. The zero-order chi connectivity index (χ0) is 33.6. The van der Waals surface area contributed by atoms with Gasteiger partial charge in [0.2, 0.25) is 5.82 Å². The number of aromatic nitrogens is 3. The number of aliphatic carboxylic acids is 2. The van der Waals surface area contributed by atoms with Crippen molar-refractivity contribution in [2.75, 3.05) is 26.7 Å². The van der Waals surface area contributed by atoms with Gasteiger partial charge in [-0.15, -0.1) is 10.2 Å². The van der Waals surface area contributed by atoms with Crippen LogP contribution in [0.2, 0.25) is 0 Å². The van der Waals surface area contributed by atoms with E-state index < -0.39 is 24.3 Å². The molecule has 1 spiro atoms. The van der Waals surface area contributed by atoms with E-state index in [1.54, 1.807) is 0 Å². The molecule has 1 amide bonds. The van der Waals surface area contributed by atoms with Crippen LogP contribution in [0.25, 0.3) is 0 Å². The maximum absolute atomic E-state index is 12.7. The number of amides is 1. The lowest BCUT2D eigenvalue weighted by atomic mass is 9.94. The number of carbonyl (C=O) groups is 3. The first-order valence-corrected chi connectivity index (χ1v) is 13.5. The summed E-state index contributed by atoms with van der Waals surface area (Å²) in [7, 11) is 2.18. The molecule has 17 heteroatoms. The third kappa shape index (κ3) is 9.90. The van der Waals surface area contributed by atoms with Gasteiger partial charge < -0.3 is 20.1 Å². The number of halogens is 6. The number of likely N-dealkylation sites (N-methyl/N-ethyl adjacent to an activating group) is 1. The highest BCUT2D eigenvalue weighted by Crippen LogP contribution is 2.34. The summed E-state index contributed by atoms with van der Waals surface area (Å²) in [5.74, 6) is -3.90. The fourth-order valence-electron chi connectivity index (χ4n) is 4.63. The van der Waals surface area contributed by atoms with E-state index in [-0.39, 0.29) is 11.4 Å².